The van der Waals surface area contributed by atoms with Gasteiger partial charge in [-0.3, -0.25) is 4.79 Å². The number of carbonyl (C=O) groups excluding carboxylic acids is 1. The van der Waals surface area contributed by atoms with Gasteiger partial charge < -0.3 is 10.6 Å². The highest BCUT2D eigenvalue weighted by atomic mass is 32.2. The van der Waals surface area contributed by atoms with Gasteiger partial charge in [-0.15, -0.1) is 10.2 Å². The number of ketones is 1. The Balaban J connectivity index is 1.50. The molecule has 4 rings (SSSR count). The van der Waals surface area contributed by atoms with Crippen LogP contribution in [-0.4, -0.2) is 49.2 Å². The molecular weight excluding hydrogens is 410 g/mol. The number of hydrogen-bond acceptors (Lipinski definition) is 8. The van der Waals surface area contributed by atoms with E-state index in [1.807, 2.05) is 56.3 Å². The Hall–Kier alpha value is -3.46. The van der Waals surface area contributed by atoms with Crippen LogP contribution < -0.4 is 10.6 Å². The SMILES string of the molecule is CCNc1nc(NCC)n2c(SCC(=O)c3ccc(-c4ccccc4)cc3)nnc2n1. The molecule has 0 aliphatic rings. The standard InChI is InChI=1S/C22H23N7OS/c1-3-23-19-25-20(24-4-2)29-21(26-19)27-28-22(29)31-14-18(30)17-12-10-16(11-13-17)15-8-6-5-7-9-15/h5-13H,3-4,14H2,1-2H3,(H2,23,24,25,26,27). The van der Waals surface area contributed by atoms with Crippen molar-refractivity contribution in [3.8, 4) is 11.1 Å². The second kappa shape index (κ2) is 9.57. The zero-order valence-corrected chi connectivity index (χ0v) is 18.2. The molecule has 0 bridgehead atoms. The average Bonchev–Trinajstić information content (AvgIpc) is 3.22. The number of carbonyl (C=O) groups is 1. The van der Waals surface area contributed by atoms with Crippen molar-refractivity contribution < 1.29 is 4.79 Å². The smallest absolute Gasteiger partial charge is 0.261 e. The third-order valence-corrected chi connectivity index (χ3v) is 5.49. The van der Waals surface area contributed by atoms with E-state index in [4.69, 9.17) is 0 Å². The quantitative estimate of drug-likeness (QED) is 0.302. The maximum Gasteiger partial charge on any atom is 0.261 e. The molecule has 0 aliphatic carbocycles. The van der Waals surface area contributed by atoms with E-state index in [1.165, 1.54) is 11.8 Å². The van der Waals surface area contributed by atoms with Crippen molar-refractivity contribution in [3.05, 3.63) is 60.2 Å². The number of aromatic nitrogens is 5. The number of nitrogens with zero attached hydrogens (tertiary/aromatic N) is 5. The normalized spacial score (nSPS) is 10.9. The van der Waals surface area contributed by atoms with E-state index < -0.39 is 0 Å². The van der Waals surface area contributed by atoms with Gasteiger partial charge in [0, 0.05) is 18.7 Å². The van der Waals surface area contributed by atoms with Gasteiger partial charge in [0.05, 0.1) is 5.75 Å². The monoisotopic (exact) mass is 433 g/mol. The lowest BCUT2D eigenvalue weighted by molar-refractivity contribution is 0.102. The molecule has 0 saturated carbocycles. The first kappa shape index (κ1) is 20.8. The fourth-order valence-corrected chi connectivity index (χ4v) is 3.91. The number of anilines is 2. The summed E-state index contributed by atoms with van der Waals surface area (Å²) in [6, 6.07) is 17.8. The van der Waals surface area contributed by atoms with Crippen LogP contribution in [-0.2, 0) is 0 Å². The molecule has 0 radical (unpaired) electrons. The minimum Gasteiger partial charge on any atom is -0.355 e. The van der Waals surface area contributed by atoms with Crippen LogP contribution in [0.2, 0.25) is 0 Å². The molecule has 4 aromatic rings. The number of hydrogen-bond donors (Lipinski definition) is 2. The first-order valence-corrected chi connectivity index (χ1v) is 11.1. The van der Waals surface area contributed by atoms with Crippen LogP contribution in [0.5, 0.6) is 0 Å². The van der Waals surface area contributed by atoms with Gasteiger partial charge in [-0.25, -0.2) is 4.40 Å². The summed E-state index contributed by atoms with van der Waals surface area (Å²) in [5, 5.41) is 15.2. The van der Waals surface area contributed by atoms with E-state index in [0.717, 1.165) is 11.1 Å². The summed E-state index contributed by atoms with van der Waals surface area (Å²) < 4.78 is 1.74. The number of fused-ring (bicyclic) bond motifs is 1. The molecule has 0 atom stereocenters. The second-order valence-electron chi connectivity index (χ2n) is 6.70. The molecule has 9 heteroatoms. The largest absolute Gasteiger partial charge is 0.355 e. The lowest BCUT2D eigenvalue weighted by Gasteiger charge is -2.09. The molecule has 8 nitrogen and oxygen atoms in total. The maximum absolute atomic E-state index is 12.7. The van der Waals surface area contributed by atoms with Gasteiger partial charge in [-0.05, 0) is 25.0 Å². The summed E-state index contributed by atoms with van der Waals surface area (Å²) in [6.45, 7) is 5.35. The van der Waals surface area contributed by atoms with E-state index in [1.54, 1.807) is 4.40 Å². The van der Waals surface area contributed by atoms with Crippen molar-refractivity contribution in [2.24, 2.45) is 0 Å². The third-order valence-electron chi connectivity index (χ3n) is 4.56. The minimum absolute atomic E-state index is 0.0246. The Morgan fingerprint density at radius 2 is 1.61 bits per heavy atom. The van der Waals surface area contributed by atoms with Gasteiger partial charge in [0.15, 0.2) is 10.9 Å². The molecular formula is C22H23N7OS. The Kier molecular flexibility index (Phi) is 6.42. The average molecular weight is 434 g/mol. The van der Waals surface area contributed by atoms with E-state index in [2.05, 4.69) is 42.9 Å². The third kappa shape index (κ3) is 4.66. The molecule has 2 aromatic carbocycles. The van der Waals surface area contributed by atoms with Gasteiger partial charge in [0.1, 0.15) is 0 Å². The van der Waals surface area contributed by atoms with Gasteiger partial charge in [-0.1, -0.05) is 66.4 Å². The van der Waals surface area contributed by atoms with Crippen molar-refractivity contribution in [3.63, 3.8) is 0 Å². The summed E-state index contributed by atoms with van der Waals surface area (Å²) in [4.78, 5) is 21.6. The molecule has 0 spiro atoms. The summed E-state index contributed by atoms with van der Waals surface area (Å²) in [6.07, 6.45) is 0. The molecule has 0 aliphatic heterocycles. The summed E-state index contributed by atoms with van der Waals surface area (Å²) in [5.74, 6) is 1.78. The first-order chi connectivity index (χ1) is 15.2. The molecule has 2 aromatic heterocycles. The van der Waals surface area contributed by atoms with Gasteiger partial charge in [0.2, 0.25) is 11.9 Å². The second-order valence-corrected chi connectivity index (χ2v) is 7.65. The topological polar surface area (TPSA) is 97.1 Å². The number of benzene rings is 2. The van der Waals surface area contributed by atoms with Crippen molar-refractivity contribution >= 4 is 35.2 Å². The van der Waals surface area contributed by atoms with Crippen LogP contribution in [0.25, 0.3) is 16.9 Å². The number of Topliss-reactive ketones (excluding diaryl/α,β-unsaturated/α-hetero) is 1. The highest BCUT2D eigenvalue weighted by molar-refractivity contribution is 7.99. The van der Waals surface area contributed by atoms with E-state index in [9.17, 15) is 4.79 Å². The number of nitrogens with one attached hydrogen (secondary N) is 2. The highest BCUT2D eigenvalue weighted by Crippen LogP contribution is 2.23. The first-order valence-electron chi connectivity index (χ1n) is 10.1. The molecule has 0 saturated heterocycles. The van der Waals surface area contributed by atoms with Crippen molar-refractivity contribution in [1.82, 2.24) is 24.6 Å². The van der Waals surface area contributed by atoms with Gasteiger partial charge >= 0.3 is 0 Å². The zero-order valence-electron chi connectivity index (χ0n) is 17.4. The predicted octanol–water partition coefficient (Wildman–Crippen LogP) is 4.02. The van der Waals surface area contributed by atoms with Crippen LogP contribution in [0.4, 0.5) is 11.9 Å². The van der Waals surface area contributed by atoms with Gasteiger partial charge in [-0.2, -0.15) is 9.97 Å². The lowest BCUT2D eigenvalue weighted by Crippen LogP contribution is -2.12. The fraction of sp³-hybridized carbons (Fsp3) is 0.227. The van der Waals surface area contributed by atoms with Crippen LogP contribution in [0.1, 0.15) is 24.2 Å². The summed E-state index contributed by atoms with van der Waals surface area (Å²) in [5.41, 5.74) is 2.87. The van der Waals surface area contributed by atoms with Crippen LogP contribution in [0, 0.1) is 0 Å². The van der Waals surface area contributed by atoms with E-state index >= 15 is 0 Å². The number of thioether (sulfide) groups is 1. The Labute approximate surface area is 184 Å². The Morgan fingerprint density at radius 1 is 0.903 bits per heavy atom. The van der Waals surface area contributed by atoms with Crippen molar-refractivity contribution in [2.75, 3.05) is 29.5 Å². The molecule has 2 heterocycles. The predicted molar refractivity (Wildman–Crippen MR) is 124 cm³/mol. The molecule has 31 heavy (non-hydrogen) atoms. The van der Waals surface area contributed by atoms with Crippen LogP contribution >= 0.6 is 11.8 Å². The van der Waals surface area contributed by atoms with Crippen LogP contribution in [0.3, 0.4) is 0 Å². The zero-order chi connectivity index (χ0) is 21.6. The minimum atomic E-state index is 0.0246. The highest BCUT2D eigenvalue weighted by Gasteiger charge is 2.16. The maximum atomic E-state index is 12.7. The molecule has 0 fully saturated rings. The van der Waals surface area contributed by atoms with Crippen LogP contribution in [0.15, 0.2) is 59.8 Å². The molecule has 2 N–H and O–H groups in total. The Morgan fingerprint density at radius 3 is 2.32 bits per heavy atom. The fourth-order valence-electron chi connectivity index (χ4n) is 3.09. The van der Waals surface area contributed by atoms with Crippen molar-refractivity contribution in [1.29, 1.82) is 0 Å². The Bertz CT molecular complexity index is 1180. The number of rotatable bonds is 9. The summed E-state index contributed by atoms with van der Waals surface area (Å²) >= 11 is 1.32. The molecule has 158 valence electrons. The van der Waals surface area contributed by atoms with Crippen molar-refractivity contribution in [2.45, 2.75) is 19.0 Å². The van der Waals surface area contributed by atoms with E-state index in [0.29, 0.717) is 41.5 Å². The molecule has 0 unspecified atom stereocenters. The summed E-state index contributed by atoms with van der Waals surface area (Å²) in [7, 11) is 0. The van der Waals surface area contributed by atoms with Gasteiger partial charge in [0.25, 0.3) is 5.78 Å². The molecule has 0 amide bonds. The van der Waals surface area contributed by atoms with E-state index in [-0.39, 0.29) is 11.5 Å². The lowest BCUT2D eigenvalue weighted by atomic mass is 10.0.